The van der Waals surface area contributed by atoms with Crippen molar-refractivity contribution in [3.05, 3.63) is 0 Å². The molecule has 1 rings (SSSR count). The number of nitrogens with one attached hydrogen (secondary N) is 1. The van der Waals surface area contributed by atoms with Crippen LogP contribution in [0, 0.1) is 11.8 Å². The molecule has 0 aliphatic carbocycles. The molecule has 1 fully saturated rings. The van der Waals surface area contributed by atoms with Crippen LogP contribution in [-0.4, -0.2) is 37.6 Å². The molecule has 1 unspecified atom stereocenters. The molecule has 1 N–H and O–H groups in total. The third-order valence-corrected chi connectivity index (χ3v) is 3.42. The van der Waals surface area contributed by atoms with E-state index in [4.69, 9.17) is 0 Å². The van der Waals surface area contributed by atoms with Gasteiger partial charge in [-0.25, -0.2) is 0 Å². The van der Waals surface area contributed by atoms with Crippen LogP contribution in [0.2, 0.25) is 0 Å². The van der Waals surface area contributed by atoms with Crippen LogP contribution in [0.15, 0.2) is 0 Å². The van der Waals surface area contributed by atoms with Crippen LogP contribution in [-0.2, 0) is 0 Å². The quantitative estimate of drug-likeness (QED) is 0.718. The second-order valence-corrected chi connectivity index (χ2v) is 5.71. The molecule has 0 aromatic heterocycles. The van der Waals surface area contributed by atoms with E-state index in [1.165, 1.54) is 58.4 Å². The molecule has 0 amide bonds. The average Bonchev–Trinajstić information content (AvgIpc) is 2.26. The van der Waals surface area contributed by atoms with Gasteiger partial charge in [0.15, 0.2) is 0 Å². The summed E-state index contributed by atoms with van der Waals surface area (Å²) in [6.07, 6.45) is 5.52. The van der Waals surface area contributed by atoms with E-state index in [1.807, 2.05) is 0 Å². The first-order valence-corrected chi connectivity index (χ1v) is 7.15. The largest absolute Gasteiger partial charge is 0.316 e. The van der Waals surface area contributed by atoms with E-state index in [1.54, 1.807) is 0 Å². The maximum Gasteiger partial charge on any atom is 0.00218 e. The van der Waals surface area contributed by atoms with Gasteiger partial charge in [-0.1, -0.05) is 27.2 Å². The highest BCUT2D eigenvalue weighted by atomic mass is 15.1. The molecule has 2 nitrogen and oxygen atoms in total. The van der Waals surface area contributed by atoms with Crippen LogP contribution < -0.4 is 5.32 Å². The Morgan fingerprint density at radius 1 is 1.38 bits per heavy atom. The second-order valence-electron chi connectivity index (χ2n) is 5.71. The first-order valence-electron chi connectivity index (χ1n) is 7.15. The van der Waals surface area contributed by atoms with Crippen LogP contribution in [0.3, 0.4) is 0 Å². The number of likely N-dealkylation sites (tertiary alicyclic amines) is 1. The Labute approximate surface area is 102 Å². The zero-order chi connectivity index (χ0) is 11.8. The van der Waals surface area contributed by atoms with Crippen LogP contribution in [0.25, 0.3) is 0 Å². The molecule has 0 aromatic rings. The Hall–Kier alpha value is -0.0800. The Morgan fingerprint density at radius 2 is 2.19 bits per heavy atom. The second kappa shape index (κ2) is 8.08. The fraction of sp³-hybridized carbons (Fsp3) is 1.00. The summed E-state index contributed by atoms with van der Waals surface area (Å²) in [4.78, 5) is 2.66. The van der Waals surface area contributed by atoms with Crippen molar-refractivity contribution in [1.29, 1.82) is 0 Å². The van der Waals surface area contributed by atoms with Gasteiger partial charge in [0.25, 0.3) is 0 Å². The lowest BCUT2D eigenvalue weighted by Gasteiger charge is -2.33. The molecule has 0 saturated carbocycles. The lowest BCUT2D eigenvalue weighted by atomic mass is 9.97. The Balaban J connectivity index is 2.12. The molecule has 16 heavy (non-hydrogen) atoms. The van der Waals surface area contributed by atoms with E-state index in [9.17, 15) is 0 Å². The maximum atomic E-state index is 3.60. The van der Waals surface area contributed by atoms with Gasteiger partial charge in [0.2, 0.25) is 0 Å². The normalized spacial score (nSPS) is 22.9. The lowest BCUT2D eigenvalue weighted by Crippen LogP contribution is -2.40. The fourth-order valence-corrected chi connectivity index (χ4v) is 2.48. The van der Waals surface area contributed by atoms with E-state index in [2.05, 4.69) is 31.0 Å². The Bertz CT molecular complexity index is 168. The van der Waals surface area contributed by atoms with Gasteiger partial charge >= 0.3 is 0 Å². The smallest absolute Gasteiger partial charge is 0.00218 e. The Kier molecular flexibility index (Phi) is 7.06. The van der Waals surface area contributed by atoms with E-state index < -0.39 is 0 Å². The van der Waals surface area contributed by atoms with Crippen LogP contribution in [0.5, 0.6) is 0 Å². The highest BCUT2D eigenvalue weighted by molar-refractivity contribution is 4.74. The molecule has 1 aliphatic rings. The van der Waals surface area contributed by atoms with Gasteiger partial charge in [-0.3, -0.25) is 0 Å². The molecule has 0 spiro atoms. The van der Waals surface area contributed by atoms with Gasteiger partial charge in [-0.15, -0.1) is 0 Å². The minimum atomic E-state index is 0.778. The minimum Gasteiger partial charge on any atom is -0.316 e. The van der Waals surface area contributed by atoms with Gasteiger partial charge in [0, 0.05) is 6.54 Å². The van der Waals surface area contributed by atoms with Crippen LogP contribution in [0.1, 0.15) is 46.5 Å². The summed E-state index contributed by atoms with van der Waals surface area (Å²) < 4.78 is 0. The van der Waals surface area contributed by atoms with Crippen molar-refractivity contribution in [1.82, 2.24) is 10.2 Å². The summed E-state index contributed by atoms with van der Waals surface area (Å²) in [6.45, 7) is 13.2. The van der Waals surface area contributed by atoms with Crippen molar-refractivity contribution in [3.8, 4) is 0 Å². The van der Waals surface area contributed by atoms with Crippen LogP contribution in [0.4, 0.5) is 0 Å². The first kappa shape index (κ1) is 14.0. The molecule has 1 heterocycles. The third kappa shape index (κ3) is 5.86. The van der Waals surface area contributed by atoms with Crippen molar-refractivity contribution in [2.75, 3.05) is 32.7 Å². The lowest BCUT2D eigenvalue weighted by molar-refractivity contribution is 0.170. The summed E-state index contributed by atoms with van der Waals surface area (Å²) in [5.41, 5.74) is 0. The molecular weight excluding hydrogens is 196 g/mol. The topological polar surface area (TPSA) is 15.3 Å². The van der Waals surface area contributed by atoms with E-state index in [0.717, 1.165) is 11.8 Å². The molecular formula is C14H30N2. The molecule has 0 bridgehead atoms. The average molecular weight is 226 g/mol. The monoisotopic (exact) mass is 226 g/mol. The van der Waals surface area contributed by atoms with E-state index >= 15 is 0 Å². The molecule has 2 heteroatoms. The predicted molar refractivity (Wildman–Crippen MR) is 71.8 cm³/mol. The first-order chi connectivity index (χ1) is 7.72. The highest BCUT2D eigenvalue weighted by Crippen LogP contribution is 2.16. The molecule has 0 aromatic carbocycles. The number of unbranched alkanes of at least 4 members (excludes halogenated alkanes) is 1. The van der Waals surface area contributed by atoms with Gasteiger partial charge < -0.3 is 10.2 Å². The van der Waals surface area contributed by atoms with Gasteiger partial charge in [0.05, 0.1) is 0 Å². The van der Waals surface area contributed by atoms with Gasteiger partial charge in [-0.2, -0.15) is 0 Å². The predicted octanol–water partition coefficient (Wildman–Crippen LogP) is 2.74. The van der Waals surface area contributed by atoms with Crippen molar-refractivity contribution in [2.24, 2.45) is 11.8 Å². The van der Waals surface area contributed by atoms with Crippen LogP contribution >= 0.6 is 0 Å². The summed E-state index contributed by atoms with van der Waals surface area (Å²) in [5, 5.41) is 3.60. The molecule has 1 aliphatic heterocycles. The van der Waals surface area contributed by atoms with Crippen molar-refractivity contribution >= 4 is 0 Å². The maximum absolute atomic E-state index is 3.60. The van der Waals surface area contributed by atoms with Crippen molar-refractivity contribution < 1.29 is 0 Å². The summed E-state index contributed by atoms with van der Waals surface area (Å²) >= 11 is 0. The Morgan fingerprint density at radius 3 is 2.88 bits per heavy atom. The number of rotatable bonds is 7. The summed E-state index contributed by atoms with van der Waals surface area (Å²) in [7, 11) is 0. The number of hydrogen-bond acceptors (Lipinski definition) is 2. The number of hydrogen-bond donors (Lipinski definition) is 1. The van der Waals surface area contributed by atoms with Crippen molar-refractivity contribution in [3.63, 3.8) is 0 Å². The molecule has 96 valence electrons. The van der Waals surface area contributed by atoms with Gasteiger partial charge in [0.1, 0.15) is 0 Å². The highest BCUT2D eigenvalue weighted by Gasteiger charge is 2.18. The van der Waals surface area contributed by atoms with E-state index in [-0.39, 0.29) is 0 Å². The minimum absolute atomic E-state index is 0.778. The standard InChI is InChI=1S/C14H30N2/c1-4-5-8-16-9-6-7-14(12-16)11-15-10-13(2)3/h13-15H,4-12H2,1-3H3. The SMILES string of the molecule is CCCCN1CCCC(CNCC(C)C)C1. The van der Waals surface area contributed by atoms with Crippen molar-refractivity contribution in [2.45, 2.75) is 46.5 Å². The zero-order valence-corrected chi connectivity index (χ0v) is 11.5. The number of piperidine rings is 1. The summed E-state index contributed by atoms with van der Waals surface area (Å²) in [5.74, 6) is 1.67. The van der Waals surface area contributed by atoms with E-state index in [0.29, 0.717) is 0 Å². The molecule has 0 radical (unpaired) electrons. The van der Waals surface area contributed by atoms with Gasteiger partial charge in [-0.05, 0) is 57.3 Å². The number of nitrogens with zero attached hydrogens (tertiary/aromatic N) is 1. The zero-order valence-electron chi connectivity index (χ0n) is 11.5. The fourth-order valence-electron chi connectivity index (χ4n) is 2.48. The third-order valence-electron chi connectivity index (χ3n) is 3.42. The molecule has 1 saturated heterocycles. The molecule has 1 atom stereocenters. The summed E-state index contributed by atoms with van der Waals surface area (Å²) in [6, 6.07) is 0.